The van der Waals surface area contributed by atoms with Gasteiger partial charge in [0.25, 0.3) is 0 Å². The number of carbonyl (C=O) groups excluding carboxylic acids is 1. The second kappa shape index (κ2) is 8.80. The van der Waals surface area contributed by atoms with Crippen LogP contribution >= 0.6 is 0 Å². The molecule has 1 saturated heterocycles. The molecule has 0 atom stereocenters. The van der Waals surface area contributed by atoms with Crippen molar-refractivity contribution < 1.29 is 9.53 Å². The maximum Gasteiger partial charge on any atom is 0.320 e. The minimum atomic E-state index is -0.102. The van der Waals surface area contributed by atoms with Crippen molar-refractivity contribution in [1.82, 2.24) is 9.80 Å². The van der Waals surface area contributed by atoms with Crippen LogP contribution in [-0.4, -0.2) is 61.6 Å². The van der Waals surface area contributed by atoms with Crippen LogP contribution in [-0.2, 0) is 16.0 Å². The van der Waals surface area contributed by atoms with Gasteiger partial charge < -0.3 is 9.64 Å². The Balaban J connectivity index is 1.72. The van der Waals surface area contributed by atoms with Crippen molar-refractivity contribution in [1.29, 1.82) is 0 Å². The van der Waals surface area contributed by atoms with Crippen LogP contribution in [0.25, 0.3) is 0 Å². The highest BCUT2D eigenvalue weighted by Gasteiger charge is 2.17. The van der Waals surface area contributed by atoms with Crippen LogP contribution in [0.5, 0.6) is 0 Å². The van der Waals surface area contributed by atoms with Gasteiger partial charge in [0.15, 0.2) is 0 Å². The first kappa shape index (κ1) is 16.0. The largest absolute Gasteiger partial charge is 0.465 e. The van der Waals surface area contributed by atoms with Crippen LogP contribution in [0.2, 0.25) is 0 Å². The van der Waals surface area contributed by atoms with Crippen molar-refractivity contribution in [2.75, 3.05) is 45.9 Å². The lowest BCUT2D eigenvalue weighted by Gasteiger charge is -2.21. The Labute approximate surface area is 127 Å². The van der Waals surface area contributed by atoms with E-state index in [2.05, 4.69) is 40.1 Å². The quantitative estimate of drug-likeness (QED) is 0.748. The number of carbonyl (C=O) groups is 1. The Morgan fingerprint density at radius 2 is 1.81 bits per heavy atom. The average molecular weight is 290 g/mol. The summed E-state index contributed by atoms with van der Waals surface area (Å²) < 4.78 is 5.02. The van der Waals surface area contributed by atoms with Crippen LogP contribution < -0.4 is 0 Å². The Morgan fingerprint density at radius 3 is 2.57 bits per heavy atom. The van der Waals surface area contributed by atoms with Gasteiger partial charge in [-0.15, -0.1) is 0 Å². The third-order valence-corrected chi connectivity index (χ3v) is 3.90. The van der Waals surface area contributed by atoms with Crippen LogP contribution in [0.1, 0.15) is 18.9 Å². The van der Waals surface area contributed by atoms with Gasteiger partial charge in [0, 0.05) is 26.2 Å². The molecule has 0 aromatic heterocycles. The molecule has 1 aliphatic rings. The standard InChI is InChI=1S/C17H26N2O2/c1-2-21-17(20)15-19-11-6-10-18(13-14-19)12-9-16-7-4-3-5-8-16/h3-5,7-8H,2,6,9-15H2,1H3. The number of nitrogens with zero attached hydrogens (tertiary/aromatic N) is 2. The lowest BCUT2D eigenvalue weighted by atomic mass is 10.1. The molecule has 1 aromatic rings. The Morgan fingerprint density at radius 1 is 1.10 bits per heavy atom. The normalized spacial score (nSPS) is 17.4. The highest BCUT2D eigenvalue weighted by molar-refractivity contribution is 5.71. The number of esters is 1. The minimum absolute atomic E-state index is 0.102. The molecule has 0 aliphatic carbocycles. The third-order valence-electron chi connectivity index (χ3n) is 3.90. The summed E-state index contributed by atoms with van der Waals surface area (Å²) in [4.78, 5) is 16.2. The Kier molecular flexibility index (Phi) is 6.70. The van der Waals surface area contributed by atoms with E-state index in [0.29, 0.717) is 13.2 Å². The predicted molar refractivity (Wildman–Crippen MR) is 84.3 cm³/mol. The maximum atomic E-state index is 11.5. The van der Waals surface area contributed by atoms with Crippen LogP contribution in [0.15, 0.2) is 30.3 Å². The second-order valence-corrected chi connectivity index (χ2v) is 5.51. The maximum absolute atomic E-state index is 11.5. The first-order valence-electron chi connectivity index (χ1n) is 7.92. The summed E-state index contributed by atoms with van der Waals surface area (Å²) in [5.41, 5.74) is 1.39. The van der Waals surface area contributed by atoms with Crippen molar-refractivity contribution in [2.24, 2.45) is 0 Å². The molecular weight excluding hydrogens is 264 g/mol. The minimum Gasteiger partial charge on any atom is -0.465 e. The van der Waals surface area contributed by atoms with E-state index in [9.17, 15) is 4.79 Å². The third kappa shape index (κ3) is 5.86. The number of hydrogen-bond acceptors (Lipinski definition) is 4. The Hall–Kier alpha value is -1.39. The summed E-state index contributed by atoms with van der Waals surface area (Å²) >= 11 is 0. The fourth-order valence-corrected chi connectivity index (χ4v) is 2.73. The van der Waals surface area contributed by atoms with Gasteiger partial charge in [-0.1, -0.05) is 30.3 Å². The number of hydrogen-bond donors (Lipinski definition) is 0. The fourth-order valence-electron chi connectivity index (χ4n) is 2.73. The average Bonchev–Trinajstić information content (AvgIpc) is 2.72. The van der Waals surface area contributed by atoms with Gasteiger partial charge in [-0.2, -0.15) is 0 Å². The van der Waals surface area contributed by atoms with E-state index in [1.165, 1.54) is 5.56 Å². The molecule has 0 N–H and O–H groups in total. The highest BCUT2D eigenvalue weighted by atomic mass is 16.5. The SMILES string of the molecule is CCOC(=O)CN1CCCN(CCc2ccccc2)CC1. The fraction of sp³-hybridized carbons (Fsp3) is 0.588. The summed E-state index contributed by atoms with van der Waals surface area (Å²) in [6.07, 6.45) is 2.22. The van der Waals surface area contributed by atoms with E-state index in [1.807, 2.05) is 6.92 Å². The summed E-state index contributed by atoms with van der Waals surface area (Å²) in [6.45, 7) is 7.94. The van der Waals surface area contributed by atoms with Crippen LogP contribution in [0.3, 0.4) is 0 Å². The summed E-state index contributed by atoms with van der Waals surface area (Å²) in [5.74, 6) is -0.102. The number of rotatable bonds is 6. The van der Waals surface area contributed by atoms with E-state index in [-0.39, 0.29) is 5.97 Å². The molecule has 21 heavy (non-hydrogen) atoms. The molecule has 0 unspecified atom stereocenters. The van der Waals surface area contributed by atoms with Crippen molar-refractivity contribution >= 4 is 5.97 Å². The summed E-state index contributed by atoms with van der Waals surface area (Å²) in [7, 11) is 0. The summed E-state index contributed by atoms with van der Waals surface area (Å²) in [5, 5.41) is 0. The molecule has 1 aliphatic heterocycles. The molecule has 2 rings (SSSR count). The van der Waals surface area contributed by atoms with Gasteiger partial charge >= 0.3 is 5.97 Å². The molecule has 0 bridgehead atoms. The van der Waals surface area contributed by atoms with Crippen molar-refractivity contribution in [3.8, 4) is 0 Å². The molecule has 1 fully saturated rings. The zero-order valence-electron chi connectivity index (χ0n) is 13.0. The zero-order chi connectivity index (χ0) is 14.9. The molecule has 0 saturated carbocycles. The number of benzene rings is 1. The van der Waals surface area contributed by atoms with Gasteiger partial charge in [0.1, 0.15) is 0 Å². The molecule has 1 aromatic carbocycles. The number of ether oxygens (including phenoxy) is 1. The molecule has 1 heterocycles. The molecule has 4 nitrogen and oxygen atoms in total. The molecule has 0 spiro atoms. The highest BCUT2D eigenvalue weighted by Crippen LogP contribution is 2.06. The van der Waals surface area contributed by atoms with Crippen molar-refractivity contribution in [3.05, 3.63) is 35.9 Å². The monoisotopic (exact) mass is 290 g/mol. The zero-order valence-corrected chi connectivity index (χ0v) is 13.0. The smallest absolute Gasteiger partial charge is 0.320 e. The van der Waals surface area contributed by atoms with Crippen molar-refractivity contribution in [3.63, 3.8) is 0 Å². The molecule has 0 amide bonds. The Bertz CT molecular complexity index is 422. The second-order valence-electron chi connectivity index (χ2n) is 5.51. The topological polar surface area (TPSA) is 32.8 Å². The lowest BCUT2D eigenvalue weighted by molar-refractivity contribution is -0.144. The first-order valence-corrected chi connectivity index (χ1v) is 7.92. The van der Waals surface area contributed by atoms with E-state index < -0.39 is 0 Å². The van der Waals surface area contributed by atoms with Crippen molar-refractivity contribution in [2.45, 2.75) is 19.8 Å². The van der Waals surface area contributed by atoms with Gasteiger partial charge in [-0.3, -0.25) is 9.69 Å². The van der Waals surface area contributed by atoms with E-state index >= 15 is 0 Å². The van der Waals surface area contributed by atoms with Gasteiger partial charge in [0.05, 0.1) is 13.2 Å². The van der Waals surface area contributed by atoms with Gasteiger partial charge in [-0.25, -0.2) is 0 Å². The van der Waals surface area contributed by atoms with E-state index in [4.69, 9.17) is 4.74 Å². The molecular formula is C17H26N2O2. The van der Waals surface area contributed by atoms with Gasteiger partial charge in [-0.05, 0) is 31.9 Å². The van der Waals surface area contributed by atoms with Crippen LogP contribution in [0, 0.1) is 0 Å². The van der Waals surface area contributed by atoms with Gasteiger partial charge in [0.2, 0.25) is 0 Å². The molecule has 0 radical (unpaired) electrons. The van der Waals surface area contributed by atoms with Crippen LogP contribution in [0.4, 0.5) is 0 Å². The van der Waals surface area contributed by atoms with E-state index in [0.717, 1.165) is 45.6 Å². The lowest BCUT2D eigenvalue weighted by Crippen LogP contribution is -2.35. The predicted octanol–water partition coefficient (Wildman–Crippen LogP) is 1.80. The van der Waals surface area contributed by atoms with E-state index in [1.54, 1.807) is 0 Å². The molecule has 116 valence electrons. The first-order chi connectivity index (χ1) is 10.3. The molecule has 4 heteroatoms. The summed E-state index contributed by atoms with van der Waals surface area (Å²) in [6, 6.07) is 10.6.